The Morgan fingerprint density at radius 2 is 2.08 bits per heavy atom. The lowest BCUT2D eigenvalue weighted by Gasteiger charge is -2.05. The van der Waals surface area contributed by atoms with Crippen LogP contribution in [0.3, 0.4) is 0 Å². The second kappa shape index (κ2) is 9.36. The van der Waals surface area contributed by atoms with Crippen LogP contribution >= 0.6 is 46.2 Å². The molecule has 0 saturated heterocycles. The van der Waals surface area contributed by atoms with E-state index < -0.39 is 0 Å². The molecule has 26 heavy (non-hydrogen) atoms. The summed E-state index contributed by atoms with van der Waals surface area (Å²) in [5, 5.41) is 6.66. The van der Waals surface area contributed by atoms with Gasteiger partial charge in [-0.05, 0) is 35.9 Å². The van der Waals surface area contributed by atoms with Crippen LogP contribution in [-0.2, 0) is 11.2 Å². The van der Waals surface area contributed by atoms with Gasteiger partial charge in [0.15, 0.2) is 10.1 Å². The first-order valence-electron chi connectivity index (χ1n) is 7.72. The van der Waals surface area contributed by atoms with Crippen molar-refractivity contribution in [3.8, 4) is 0 Å². The van der Waals surface area contributed by atoms with Gasteiger partial charge in [-0.2, -0.15) is 0 Å². The van der Waals surface area contributed by atoms with Crippen LogP contribution in [0.5, 0.6) is 0 Å². The highest BCUT2D eigenvalue weighted by Crippen LogP contribution is 2.25. The summed E-state index contributed by atoms with van der Waals surface area (Å²) in [6, 6.07) is 11.4. The summed E-state index contributed by atoms with van der Waals surface area (Å²) < 4.78 is 0.807. The lowest BCUT2D eigenvalue weighted by atomic mass is 10.3. The number of hydrogen-bond acceptors (Lipinski definition) is 7. The van der Waals surface area contributed by atoms with Crippen molar-refractivity contribution in [3.05, 3.63) is 57.7 Å². The van der Waals surface area contributed by atoms with Crippen molar-refractivity contribution in [1.29, 1.82) is 0 Å². The van der Waals surface area contributed by atoms with Crippen LogP contribution in [0.15, 0.2) is 56.4 Å². The van der Waals surface area contributed by atoms with Crippen molar-refractivity contribution in [2.45, 2.75) is 15.7 Å². The van der Waals surface area contributed by atoms with Crippen LogP contribution in [0, 0.1) is 0 Å². The molecule has 0 saturated carbocycles. The average Bonchev–Trinajstić information content (AvgIpc) is 3.32. The van der Waals surface area contributed by atoms with Crippen molar-refractivity contribution >= 4 is 63.6 Å². The van der Waals surface area contributed by atoms with Gasteiger partial charge in [0.2, 0.25) is 5.91 Å². The minimum Gasteiger partial charge on any atom is -0.326 e. The molecule has 1 aromatic carbocycles. The Hall–Kier alpha value is -1.61. The zero-order valence-corrected chi connectivity index (χ0v) is 17.2. The monoisotopic (exact) mass is 420 g/mol. The van der Waals surface area contributed by atoms with Gasteiger partial charge in [0.25, 0.3) is 0 Å². The predicted octanol–water partition coefficient (Wildman–Crippen LogP) is 5.08. The normalized spacial score (nSPS) is 10.7. The zero-order valence-electron chi connectivity index (χ0n) is 13.9. The molecule has 0 atom stereocenters. The van der Waals surface area contributed by atoms with Crippen molar-refractivity contribution in [2.24, 2.45) is 0 Å². The van der Waals surface area contributed by atoms with Crippen LogP contribution in [0.4, 0.5) is 5.69 Å². The van der Waals surface area contributed by atoms with E-state index in [0.29, 0.717) is 5.75 Å². The molecule has 0 bridgehead atoms. The largest absolute Gasteiger partial charge is 0.326 e. The third-order valence-corrected chi connectivity index (χ3v) is 7.05. The molecule has 1 amide bonds. The van der Waals surface area contributed by atoms with E-state index >= 15 is 0 Å². The Morgan fingerprint density at radius 3 is 2.85 bits per heavy atom. The smallest absolute Gasteiger partial charge is 0.230 e. The summed E-state index contributed by atoms with van der Waals surface area (Å²) in [7, 11) is 0. The summed E-state index contributed by atoms with van der Waals surface area (Å²) in [5.74, 6) is 0.370. The van der Waals surface area contributed by atoms with Gasteiger partial charge >= 0.3 is 0 Å². The van der Waals surface area contributed by atoms with E-state index in [9.17, 15) is 9.59 Å². The number of benzene rings is 1. The summed E-state index contributed by atoms with van der Waals surface area (Å²) >= 11 is 5.96. The van der Waals surface area contributed by atoms with Crippen LogP contribution in [0.2, 0.25) is 0 Å². The molecule has 8 heteroatoms. The summed E-state index contributed by atoms with van der Waals surface area (Å²) in [5.41, 5.74) is 1.51. The zero-order chi connectivity index (χ0) is 18.4. The van der Waals surface area contributed by atoms with Gasteiger partial charge in [0.05, 0.1) is 22.7 Å². The molecule has 0 unspecified atom stereocenters. The molecule has 134 valence electrons. The third-order valence-electron chi connectivity index (χ3n) is 3.35. The highest BCUT2D eigenvalue weighted by molar-refractivity contribution is 8.01. The molecule has 3 rings (SSSR count). The van der Waals surface area contributed by atoms with Crippen molar-refractivity contribution in [2.75, 3.05) is 17.3 Å². The van der Waals surface area contributed by atoms with Gasteiger partial charge < -0.3 is 5.32 Å². The Morgan fingerprint density at radius 1 is 1.19 bits per heavy atom. The number of carbonyl (C=O) groups excluding carboxylic acids is 2. The highest BCUT2D eigenvalue weighted by Gasteiger charge is 2.12. The summed E-state index contributed by atoms with van der Waals surface area (Å²) in [6.45, 7) is 0. The first kappa shape index (κ1) is 19.2. The van der Waals surface area contributed by atoms with Crippen LogP contribution in [0.1, 0.15) is 15.4 Å². The van der Waals surface area contributed by atoms with Gasteiger partial charge in [-0.25, -0.2) is 4.98 Å². The van der Waals surface area contributed by atoms with Crippen molar-refractivity contribution in [3.63, 3.8) is 0 Å². The van der Waals surface area contributed by atoms with Gasteiger partial charge in [0, 0.05) is 16.0 Å². The number of ketones is 1. The second-order valence-corrected chi connectivity index (χ2v) is 9.16. The molecule has 0 spiro atoms. The molecule has 3 aromatic rings. The fourth-order valence-electron chi connectivity index (χ4n) is 2.14. The molecular formula is C18H16N2O2S4. The number of aromatic nitrogens is 1. The standard InChI is InChI=1S/C18H16N2O2S4/c1-23-14-5-2-4-12(8-14)19-17(22)9-13-10-25-18(20-13)26-11-15(21)16-6-3-7-24-16/h2-8,10H,9,11H2,1H3,(H,19,22). The third kappa shape index (κ3) is 5.44. The molecule has 0 radical (unpaired) electrons. The van der Waals surface area contributed by atoms with E-state index in [0.717, 1.165) is 25.5 Å². The van der Waals surface area contributed by atoms with E-state index in [1.165, 1.54) is 34.4 Å². The molecule has 1 N–H and O–H groups in total. The predicted molar refractivity (Wildman–Crippen MR) is 112 cm³/mol. The van der Waals surface area contributed by atoms with Gasteiger partial charge in [-0.1, -0.05) is 23.9 Å². The molecule has 0 aliphatic carbocycles. The molecular weight excluding hydrogens is 404 g/mol. The fraction of sp³-hybridized carbons (Fsp3) is 0.167. The number of amides is 1. The Balaban J connectivity index is 1.51. The van der Waals surface area contributed by atoms with Crippen LogP contribution in [-0.4, -0.2) is 28.7 Å². The molecule has 4 nitrogen and oxygen atoms in total. The first-order valence-corrected chi connectivity index (χ1v) is 11.7. The number of hydrogen-bond donors (Lipinski definition) is 1. The number of rotatable bonds is 8. The topological polar surface area (TPSA) is 59.1 Å². The van der Waals surface area contributed by atoms with E-state index in [-0.39, 0.29) is 18.1 Å². The van der Waals surface area contributed by atoms with Crippen LogP contribution in [0.25, 0.3) is 0 Å². The highest BCUT2D eigenvalue weighted by atomic mass is 32.2. The maximum atomic E-state index is 12.2. The Bertz CT molecular complexity index is 890. The minimum absolute atomic E-state index is 0.0974. The number of thiophene rings is 1. The molecule has 2 heterocycles. The Kier molecular flexibility index (Phi) is 6.90. The number of carbonyl (C=O) groups is 2. The van der Waals surface area contributed by atoms with E-state index in [1.54, 1.807) is 11.8 Å². The van der Waals surface area contributed by atoms with E-state index in [4.69, 9.17) is 0 Å². The maximum Gasteiger partial charge on any atom is 0.230 e. The lowest BCUT2D eigenvalue weighted by Crippen LogP contribution is -2.14. The quantitative estimate of drug-likeness (QED) is 0.407. The number of nitrogens with one attached hydrogen (secondary N) is 1. The minimum atomic E-state index is -0.0974. The van der Waals surface area contributed by atoms with Crippen molar-refractivity contribution in [1.82, 2.24) is 4.98 Å². The van der Waals surface area contributed by atoms with E-state index in [1.807, 2.05) is 53.4 Å². The Labute approximate surface area is 168 Å². The SMILES string of the molecule is CSc1cccc(NC(=O)Cc2csc(SCC(=O)c3cccs3)n2)c1. The van der Waals surface area contributed by atoms with Crippen LogP contribution < -0.4 is 5.32 Å². The number of thiazole rings is 1. The fourth-order valence-corrected chi connectivity index (χ4v) is 5.09. The average molecular weight is 421 g/mol. The number of anilines is 1. The van der Waals surface area contributed by atoms with E-state index in [2.05, 4.69) is 10.3 Å². The second-order valence-electron chi connectivity index (χ2n) is 5.25. The molecule has 0 aliphatic heterocycles. The first-order chi connectivity index (χ1) is 12.6. The summed E-state index contributed by atoms with van der Waals surface area (Å²) in [4.78, 5) is 30.5. The number of thioether (sulfide) groups is 2. The molecule has 0 fully saturated rings. The number of Topliss-reactive ketones (excluding diaryl/α,β-unsaturated/α-hetero) is 1. The van der Waals surface area contributed by atoms with Gasteiger partial charge in [-0.15, -0.1) is 34.4 Å². The van der Waals surface area contributed by atoms with Crippen molar-refractivity contribution < 1.29 is 9.59 Å². The lowest BCUT2D eigenvalue weighted by molar-refractivity contribution is -0.115. The van der Waals surface area contributed by atoms with Gasteiger partial charge in [-0.3, -0.25) is 9.59 Å². The maximum absolute atomic E-state index is 12.2. The molecule has 0 aliphatic rings. The summed E-state index contributed by atoms with van der Waals surface area (Å²) in [6.07, 6.45) is 2.22. The molecule has 2 aromatic heterocycles. The van der Waals surface area contributed by atoms with Gasteiger partial charge in [0.1, 0.15) is 0 Å². The number of nitrogens with zero attached hydrogens (tertiary/aromatic N) is 1.